The van der Waals surface area contributed by atoms with E-state index in [1.165, 1.54) is 76.3 Å². The van der Waals surface area contributed by atoms with Crippen LogP contribution in [0.25, 0.3) is 177 Å². The first kappa shape index (κ1) is 57.0. The molecule has 0 spiro atoms. The maximum absolute atomic E-state index is 5.14. The molecule has 0 atom stereocenters. The lowest BCUT2D eigenvalue weighted by molar-refractivity contribution is 1.07. The minimum Gasteiger partial charge on any atom is -0.208 e. The van der Waals surface area contributed by atoms with Crippen molar-refractivity contribution in [1.82, 2.24) is 29.9 Å². The quantitative estimate of drug-likeness (QED) is 0.127. The highest BCUT2D eigenvalue weighted by Crippen LogP contribution is 2.41. The lowest BCUT2D eigenvalue weighted by atomic mass is 9.90. The van der Waals surface area contributed by atoms with Crippen LogP contribution >= 0.6 is 0 Å². The Balaban J connectivity index is 0.000000150. The molecule has 448 valence electrons. The zero-order valence-corrected chi connectivity index (χ0v) is 52.2. The number of nitrogens with zero attached hydrogens (tertiary/aromatic N) is 6. The van der Waals surface area contributed by atoms with Crippen molar-refractivity contribution >= 4 is 64.6 Å². The first-order chi connectivity index (χ1) is 47.6. The van der Waals surface area contributed by atoms with Crippen molar-refractivity contribution < 1.29 is 0 Å². The topological polar surface area (TPSA) is 77.3 Å². The predicted molar refractivity (Wildman–Crippen MR) is 399 cm³/mol. The molecule has 18 rings (SSSR count). The summed E-state index contributed by atoms with van der Waals surface area (Å²) in [7, 11) is 0. The molecular weight excluding hydrogens is 1170 g/mol. The molecule has 6 nitrogen and oxygen atoms in total. The molecule has 0 saturated heterocycles. The fourth-order valence-electron chi connectivity index (χ4n) is 13.5. The highest BCUT2D eigenvalue weighted by molar-refractivity contribution is 6.16. The highest BCUT2D eigenvalue weighted by Gasteiger charge is 2.19. The average Bonchev–Trinajstić information content (AvgIpc) is 0.775. The van der Waals surface area contributed by atoms with Crippen LogP contribution in [0.4, 0.5) is 0 Å². The Morgan fingerprint density at radius 3 is 1.09 bits per heavy atom. The smallest absolute Gasteiger partial charge is 0.164 e. The monoisotopic (exact) mass is 1220 g/mol. The van der Waals surface area contributed by atoms with Crippen molar-refractivity contribution in [1.29, 1.82) is 0 Å². The van der Waals surface area contributed by atoms with Gasteiger partial charge < -0.3 is 0 Å². The number of hydrogen-bond donors (Lipinski definition) is 0. The molecule has 0 N–H and O–H groups in total. The van der Waals surface area contributed by atoms with Crippen molar-refractivity contribution in [2.24, 2.45) is 0 Å². The van der Waals surface area contributed by atoms with Gasteiger partial charge in [-0.15, -0.1) is 0 Å². The molecule has 0 radical (unpaired) electrons. The van der Waals surface area contributed by atoms with E-state index in [9.17, 15) is 0 Å². The van der Waals surface area contributed by atoms with Crippen LogP contribution in [0.2, 0.25) is 0 Å². The van der Waals surface area contributed by atoms with Gasteiger partial charge >= 0.3 is 0 Å². The van der Waals surface area contributed by atoms with Crippen molar-refractivity contribution in [3.05, 3.63) is 352 Å². The lowest BCUT2D eigenvalue weighted by Gasteiger charge is -2.14. The third-order valence-corrected chi connectivity index (χ3v) is 18.2. The number of benzene rings is 16. The van der Waals surface area contributed by atoms with Gasteiger partial charge in [-0.1, -0.05) is 322 Å². The standard InChI is InChI=1S/C51H33N3.C39H25N3/c1-3-13-34(14-4-1)36-25-27-37(28-26-36)49-52-50(41-20-11-18-38(31-41)35-15-5-2-6-16-35)54-51(53-49)42-29-30-44-39(32-42)19-12-24-46(44)48-33-40-17-7-8-21-43(40)45-22-9-10-23-47(45)48;1-3-12-27(13-4-1)37-40-38(28-14-5-2-6-15-28)42-39(41-37)36-24-23-33(34-17-9-10-18-35(34)36)30-21-22-32-29(25-30)20-19-26-11-7-8-16-31(26)32/h1-33H;1-25H. The largest absolute Gasteiger partial charge is 0.208 e. The second kappa shape index (κ2) is 25.0. The van der Waals surface area contributed by atoms with Crippen LogP contribution in [0.15, 0.2) is 352 Å². The van der Waals surface area contributed by atoms with Gasteiger partial charge in [-0.2, -0.15) is 0 Å². The number of fused-ring (bicyclic) bond motifs is 8. The van der Waals surface area contributed by atoms with Crippen LogP contribution in [-0.4, -0.2) is 29.9 Å². The van der Waals surface area contributed by atoms with Crippen molar-refractivity contribution in [2.75, 3.05) is 0 Å². The van der Waals surface area contributed by atoms with Crippen LogP contribution in [0.1, 0.15) is 0 Å². The number of rotatable bonds is 10. The Morgan fingerprint density at radius 1 is 0.125 bits per heavy atom. The lowest BCUT2D eigenvalue weighted by Crippen LogP contribution is -2.00. The molecule has 0 unspecified atom stereocenters. The molecule has 0 amide bonds. The molecule has 16 aromatic carbocycles. The third-order valence-electron chi connectivity index (χ3n) is 18.2. The maximum atomic E-state index is 5.14. The van der Waals surface area contributed by atoms with Crippen molar-refractivity contribution in [3.63, 3.8) is 0 Å². The second-order valence-electron chi connectivity index (χ2n) is 24.1. The molecule has 0 aliphatic rings. The van der Waals surface area contributed by atoms with E-state index in [0.717, 1.165) is 66.2 Å². The van der Waals surface area contributed by atoms with E-state index >= 15 is 0 Å². The fourth-order valence-corrected chi connectivity index (χ4v) is 13.5. The summed E-state index contributed by atoms with van der Waals surface area (Å²) < 4.78 is 0. The van der Waals surface area contributed by atoms with Crippen molar-refractivity contribution in [2.45, 2.75) is 0 Å². The van der Waals surface area contributed by atoms with Crippen LogP contribution in [0, 0.1) is 0 Å². The molecule has 0 bridgehead atoms. The molecule has 2 aromatic heterocycles. The summed E-state index contributed by atoms with van der Waals surface area (Å²) in [6.45, 7) is 0. The molecule has 96 heavy (non-hydrogen) atoms. The molecule has 0 fully saturated rings. The van der Waals surface area contributed by atoms with Gasteiger partial charge in [0, 0.05) is 33.4 Å². The zero-order chi connectivity index (χ0) is 63.7. The summed E-state index contributed by atoms with van der Waals surface area (Å²) in [5.74, 6) is 3.89. The SMILES string of the molecule is c1ccc(-c2ccc(-c3nc(-c4cccc(-c5ccccc5)c4)nc(-c4ccc5c(-c6cc7ccccc7c7ccccc67)cccc5c4)n3)cc2)cc1.c1ccc(-c2nc(-c3ccccc3)nc(-c3ccc(-c4ccc5c(ccc6ccccc65)c4)c4ccccc34)n2)cc1. The van der Waals surface area contributed by atoms with Crippen LogP contribution in [0.5, 0.6) is 0 Å². The molecule has 0 saturated carbocycles. The van der Waals surface area contributed by atoms with Gasteiger partial charge in [-0.25, -0.2) is 29.9 Å². The van der Waals surface area contributed by atoms with E-state index in [2.05, 4.69) is 279 Å². The van der Waals surface area contributed by atoms with Crippen LogP contribution < -0.4 is 0 Å². The van der Waals surface area contributed by atoms with Gasteiger partial charge in [0.1, 0.15) is 0 Å². The van der Waals surface area contributed by atoms with E-state index in [4.69, 9.17) is 29.9 Å². The third kappa shape index (κ3) is 11.0. The Hall–Kier alpha value is -12.9. The van der Waals surface area contributed by atoms with Gasteiger partial charge in [0.05, 0.1) is 0 Å². The van der Waals surface area contributed by atoms with E-state index in [-0.39, 0.29) is 0 Å². The van der Waals surface area contributed by atoms with Crippen LogP contribution in [-0.2, 0) is 0 Å². The summed E-state index contributed by atoms with van der Waals surface area (Å²) in [4.78, 5) is 30.2. The van der Waals surface area contributed by atoms with E-state index < -0.39 is 0 Å². The second-order valence-corrected chi connectivity index (χ2v) is 24.1. The molecule has 0 aliphatic heterocycles. The molecule has 18 aromatic rings. The Labute approximate surface area is 555 Å². The average molecular weight is 1220 g/mol. The van der Waals surface area contributed by atoms with Gasteiger partial charge in [-0.05, 0) is 139 Å². The van der Waals surface area contributed by atoms with Gasteiger partial charge in [0.15, 0.2) is 34.9 Å². The number of aromatic nitrogens is 6. The molecule has 0 aliphatic carbocycles. The maximum Gasteiger partial charge on any atom is 0.164 e. The molecular formula is C90H58N6. The highest BCUT2D eigenvalue weighted by atomic mass is 15.0. The minimum absolute atomic E-state index is 0.635. The van der Waals surface area contributed by atoms with Crippen molar-refractivity contribution in [3.8, 4) is 113 Å². The Kier molecular flexibility index (Phi) is 14.8. The minimum atomic E-state index is 0.635. The van der Waals surface area contributed by atoms with Gasteiger partial charge in [0.2, 0.25) is 0 Å². The van der Waals surface area contributed by atoms with Crippen LogP contribution in [0.3, 0.4) is 0 Å². The Morgan fingerprint density at radius 2 is 0.458 bits per heavy atom. The zero-order valence-electron chi connectivity index (χ0n) is 52.2. The normalized spacial score (nSPS) is 11.3. The summed E-state index contributed by atoms with van der Waals surface area (Å²) in [6, 6.07) is 123. The predicted octanol–water partition coefficient (Wildman–Crippen LogP) is 23.3. The Bertz CT molecular complexity index is 5880. The summed E-state index contributed by atoms with van der Waals surface area (Å²) in [5, 5.41) is 14.6. The van der Waals surface area contributed by atoms with E-state index in [1.54, 1.807) is 0 Å². The molecule has 6 heteroatoms. The first-order valence-corrected chi connectivity index (χ1v) is 32.4. The summed E-state index contributed by atoms with van der Waals surface area (Å²) in [5.41, 5.74) is 15.1. The number of hydrogen-bond acceptors (Lipinski definition) is 6. The first-order valence-electron chi connectivity index (χ1n) is 32.4. The summed E-state index contributed by atoms with van der Waals surface area (Å²) in [6.07, 6.45) is 0. The molecule has 2 heterocycles. The fraction of sp³-hybridized carbons (Fsp3) is 0. The van der Waals surface area contributed by atoms with Gasteiger partial charge in [-0.3, -0.25) is 0 Å². The summed E-state index contributed by atoms with van der Waals surface area (Å²) >= 11 is 0. The van der Waals surface area contributed by atoms with E-state index in [1.807, 2.05) is 72.8 Å². The van der Waals surface area contributed by atoms with E-state index in [0.29, 0.717) is 34.9 Å². The van der Waals surface area contributed by atoms with Gasteiger partial charge in [0.25, 0.3) is 0 Å².